The molecule has 6 nitrogen and oxygen atoms in total. The molecule has 0 bridgehead atoms. The first-order valence-electron chi connectivity index (χ1n) is 13.8. The fourth-order valence-electron chi connectivity index (χ4n) is 5.01. The first-order valence-corrected chi connectivity index (χ1v) is 15.6. The van der Waals surface area contributed by atoms with Crippen LogP contribution in [0.1, 0.15) is 58.2 Å². The van der Waals surface area contributed by atoms with Crippen LogP contribution in [-0.2, 0) is 37.8 Å². The molecular formula is C33H43NO5Si. The maximum Gasteiger partial charge on any atom is 0.412 e. The van der Waals surface area contributed by atoms with Gasteiger partial charge in [0.2, 0.25) is 0 Å². The Bertz CT molecular complexity index is 1190. The second kappa shape index (κ2) is 13.8. The molecular weight excluding hydrogens is 518 g/mol. The summed E-state index contributed by atoms with van der Waals surface area (Å²) in [5.41, 5.74) is 2.92. The highest BCUT2D eigenvalue weighted by molar-refractivity contribution is 6.74. The van der Waals surface area contributed by atoms with E-state index in [1.165, 1.54) is 0 Å². The molecule has 214 valence electrons. The molecule has 0 radical (unpaired) electrons. The number of hydrogen-bond acceptors (Lipinski definition) is 5. The molecule has 0 aliphatic carbocycles. The molecule has 3 rings (SSSR count). The lowest BCUT2D eigenvalue weighted by atomic mass is 10.1. The fourth-order valence-corrected chi connectivity index (χ4v) is 9.62. The lowest BCUT2D eigenvalue weighted by molar-refractivity contribution is -0.140. The molecule has 0 unspecified atom stereocenters. The van der Waals surface area contributed by atoms with Gasteiger partial charge in [-0.25, -0.2) is 4.79 Å². The van der Waals surface area contributed by atoms with E-state index in [0.717, 1.165) is 16.7 Å². The Hall–Kier alpha value is -3.42. The van der Waals surface area contributed by atoms with Gasteiger partial charge < -0.3 is 18.9 Å². The van der Waals surface area contributed by atoms with E-state index < -0.39 is 36.7 Å². The molecule has 0 spiro atoms. The minimum absolute atomic E-state index is 0.102. The molecule has 0 saturated heterocycles. The number of benzene rings is 3. The van der Waals surface area contributed by atoms with E-state index in [0.29, 0.717) is 13.0 Å². The number of nitrogens with one attached hydrogen (secondary N) is 1. The average Bonchev–Trinajstić information content (AvgIpc) is 2.91. The molecule has 7 heteroatoms. The van der Waals surface area contributed by atoms with Crippen LogP contribution in [0.15, 0.2) is 91.0 Å². The minimum Gasteiger partial charge on any atom is -0.492 e. The highest BCUT2D eigenvalue weighted by atomic mass is 28.4. The highest BCUT2D eigenvalue weighted by Crippen LogP contribution is 2.52. The molecule has 3 aromatic rings. The van der Waals surface area contributed by atoms with Crippen molar-refractivity contribution in [1.82, 2.24) is 5.32 Å². The van der Waals surface area contributed by atoms with Crippen LogP contribution in [-0.4, -0.2) is 33.3 Å². The number of ether oxygens (including phenoxy) is 1. The summed E-state index contributed by atoms with van der Waals surface area (Å²) in [6.45, 7) is 12.9. The molecule has 0 fully saturated rings. The molecule has 0 heterocycles. The van der Waals surface area contributed by atoms with Crippen molar-refractivity contribution in [2.75, 3.05) is 6.61 Å². The first-order chi connectivity index (χ1) is 18.9. The van der Waals surface area contributed by atoms with Crippen LogP contribution < -0.4 is 5.32 Å². The number of carbonyl (C=O) groups is 2. The molecule has 3 aromatic carbocycles. The van der Waals surface area contributed by atoms with Gasteiger partial charge in [-0.15, -0.1) is 0 Å². The highest BCUT2D eigenvalue weighted by Gasteiger charge is 2.61. The number of hydrogen-bond donors (Lipinski definition) is 1. The topological polar surface area (TPSA) is 73.9 Å². The normalized spacial score (nSPS) is 12.8. The summed E-state index contributed by atoms with van der Waals surface area (Å²) in [4.78, 5) is 26.8. The van der Waals surface area contributed by atoms with E-state index in [9.17, 15) is 9.59 Å². The summed E-state index contributed by atoms with van der Waals surface area (Å²) in [6, 6.07) is 28.2. The molecule has 0 aromatic heterocycles. The van der Waals surface area contributed by atoms with Crippen LogP contribution in [0.2, 0.25) is 10.1 Å². The third-order valence-corrected chi connectivity index (χ3v) is 11.9. The zero-order valence-corrected chi connectivity index (χ0v) is 25.6. The standard InChI is InChI=1S/C33H43NO5Si/c1-32(2,3)40(33(4,5)6,38-23-22-26-16-10-7-11-17-26)39-30(35)29(24-27-18-12-8-13-19-27)34-31(36)37-25-28-20-14-9-15-21-28/h7-21,29H,22-25H2,1-6H3,(H,34,36)/t29-/m0/s1. The zero-order valence-electron chi connectivity index (χ0n) is 24.6. The Labute approximate surface area is 240 Å². The SMILES string of the molecule is CC(C)(C)[Si](OCCc1ccccc1)(OC(=O)[C@H](Cc1ccccc1)NC(=O)OCc1ccccc1)C(C)(C)C. The van der Waals surface area contributed by atoms with Crippen molar-refractivity contribution < 1.29 is 23.2 Å². The smallest absolute Gasteiger partial charge is 0.412 e. The summed E-state index contributed by atoms with van der Waals surface area (Å²) < 4.78 is 18.7. The minimum atomic E-state index is -3.26. The lowest BCUT2D eigenvalue weighted by Gasteiger charge is -2.48. The molecule has 0 aliphatic heterocycles. The van der Waals surface area contributed by atoms with E-state index in [4.69, 9.17) is 13.6 Å². The zero-order chi connectivity index (χ0) is 29.2. The summed E-state index contributed by atoms with van der Waals surface area (Å²) >= 11 is 0. The third kappa shape index (κ3) is 8.54. The molecule has 0 aliphatic rings. The van der Waals surface area contributed by atoms with Crippen LogP contribution >= 0.6 is 0 Å². The van der Waals surface area contributed by atoms with Crippen LogP contribution in [0.5, 0.6) is 0 Å². The quantitative estimate of drug-likeness (QED) is 0.248. The van der Waals surface area contributed by atoms with Crippen molar-refractivity contribution in [2.24, 2.45) is 0 Å². The van der Waals surface area contributed by atoms with Gasteiger partial charge in [-0.1, -0.05) is 133 Å². The van der Waals surface area contributed by atoms with Crippen molar-refractivity contribution in [3.63, 3.8) is 0 Å². The van der Waals surface area contributed by atoms with Crippen LogP contribution in [0, 0.1) is 0 Å². The van der Waals surface area contributed by atoms with Gasteiger partial charge >= 0.3 is 20.6 Å². The Balaban J connectivity index is 1.83. The number of carbonyl (C=O) groups excluding carboxylic acids is 2. The van der Waals surface area contributed by atoms with E-state index in [1.54, 1.807) is 0 Å². The van der Waals surface area contributed by atoms with Gasteiger partial charge in [0.25, 0.3) is 0 Å². The van der Waals surface area contributed by atoms with Crippen molar-refractivity contribution in [3.8, 4) is 0 Å². The van der Waals surface area contributed by atoms with Gasteiger partial charge in [0.05, 0.1) is 0 Å². The lowest BCUT2D eigenvalue weighted by Crippen LogP contribution is -2.60. The van der Waals surface area contributed by atoms with Gasteiger partial charge in [-0.2, -0.15) is 0 Å². The van der Waals surface area contributed by atoms with E-state index in [-0.39, 0.29) is 13.0 Å². The van der Waals surface area contributed by atoms with Gasteiger partial charge in [-0.3, -0.25) is 4.79 Å². The third-order valence-electron chi connectivity index (χ3n) is 6.83. The Morgan fingerprint density at radius 2 is 1.20 bits per heavy atom. The van der Waals surface area contributed by atoms with Crippen LogP contribution in [0.4, 0.5) is 4.79 Å². The van der Waals surface area contributed by atoms with Gasteiger partial charge in [0.1, 0.15) is 12.6 Å². The summed E-state index contributed by atoms with van der Waals surface area (Å²) in [5.74, 6) is -0.517. The van der Waals surface area contributed by atoms with Gasteiger partial charge in [0, 0.05) is 23.1 Å². The number of rotatable bonds is 11. The van der Waals surface area contributed by atoms with Crippen LogP contribution in [0.25, 0.3) is 0 Å². The fraction of sp³-hybridized carbons (Fsp3) is 0.394. The predicted molar refractivity (Wildman–Crippen MR) is 161 cm³/mol. The maximum absolute atomic E-state index is 14.0. The number of alkyl carbamates (subject to hydrolysis) is 1. The summed E-state index contributed by atoms with van der Waals surface area (Å²) in [6.07, 6.45) is 0.296. The molecule has 1 N–H and O–H groups in total. The van der Waals surface area contributed by atoms with E-state index >= 15 is 0 Å². The summed E-state index contributed by atoms with van der Waals surface area (Å²) in [5, 5.41) is 1.89. The second-order valence-electron chi connectivity index (χ2n) is 12.1. The van der Waals surface area contributed by atoms with Crippen molar-refractivity contribution >= 4 is 20.6 Å². The number of amides is 1. The molecule has 1 atom stereocenters. The van der Waals surface area contributed by atoms with Gasteiger partial charge in [0.15, 0.2) is 0 Å². The second-order valence-corrected chi connectivity index (χ2v) is 16.8. The van der Waals surface area contributed by atoms with Crippen LogP contribution in [0.3, 0.4) is 0 Å². The predicted octanol–water partition coefficient (Wildman–Crippen LogP) is 7.37. The molecule has 1 amide bonds. The maximum atomic E-state index is 14.0. The Morgan fingerprint density at radius 1 is 0.725 bits per heavy atom. The Kier molecular flexibility index (Phi) is 10.7. The van der Waals surface area contributed by atoms with Gasteiger partial charge in [-0.05, 0) is 23.1 Å². The first kappa shape index (κ1) is 31.1. The van der Waals surface area contributed by atoms with Crippen molar-refractivity contribution in [2.45, 2.75) is 77.1 Å². The molecule has 40 heavy (non-hydrogen) atoms. The molecule has 0 saturated carbocycles. The van der Waals surface area contributed by atoms with Crippen molar-refractivity contribution in [1.29, 1.82) is 0 Å². The van der Waals surface area contributed by atoms with E-state index in [1.807, 2.05) is 78.9 Å². The largest absolute Gasteiger partial charge is 0.492 e. The Morgan fingerprint density at radius 3 is 1.70 bits per heavy atom. The monoisotopic (exact) mass is 561 g/mol. The summed E-state index contributed by atoms with van der Waals surface area (Å²) in [7, 11) is -3.26. The van der Waals surface area contributed by atoms with Crippen molar-refractivity contribution in [3.05, 3.63) is 108 Å². The van der Waals surface area contributed by atoms with E-state index in [2.05, 4.69) is 59.0 Å². The average molecular weight is 562 g/mol.